The van der Waals surface area contributed by atoms with Gasteiger partial charge in [-0.3, -0.25) is 9.36 Å². The van der Waals surface area contributed by atoms with Crippen LogP contribution >= 0.6 is 11.3 Å². The van der Waals surface area contributed by atoms with Crippen LogP contribution in [0.3, 0.4) is 0 Å². The molecular formula is C45H42N4O6S. The van der Waals surface area contributed by atoms with Crippen LogP contribution in [0.1, 0.15) is 65.8 Å². The van der Waals surface area contributed by atoms with E-state index >= 15 is 0 Å². The van der Waals surface area contributed by atoms with Crippen molar-refractivity contribution in [1.29, 1.82) is 0 Å². The zero-order valence-electron chi connectivity index (χ0n) is 31.9. The second-order valence-electron chi connectivity index (χ2n) is 14.0. The molecule has 0 bridgehead atoms. The molecule has 0 spiro atoms. The Morgan fingerprint density at radius 3 is 2.30 bits per heavy atom. The number of allylic oxidation sites excluding steroid dienone is 1. The number of fused-ring (bicyclic) bond motifs is 1. The Bertz CT molecular complexity index is 2600. The van der Waals surface area contributed by atoms with Gasteiger partial charge in [0.25, 0.3) is 5.56 Å². The molecule has 2 aromatic heterocycles. The highest BCUT2D eigenvalue weighted by Crippen LogP contribution is 2.32. The van der Waals surface area contributed by atoms with E-state index < -0.39 is 18.0 Å². The van der Waals surface area contributed by atoms with Crippen LogP contribution in [0.2, 0.25) is 0 Å². The number of ether oxygens (including phenoxy) is 3. The first kappa shape index (κ1) is 38.0. The average molecular weight is 767 g/mol. The Kier molecular flexibility index (Phi) is 11.2. The van der Waals surface area contributed by atoms with Crippen LogP contribution in [-0.4, -0.2) is 40.0 Å². The molecule has 56 heavy (non-hydrogen) atoms. The van der Waals surface area contributed by atoms with E-state index in [1.165, 1.54) is 23.0 Å². The molecule has 1 aliphatic rings. The summed E-state index contributed by atoms with van der Waals surface area (Å²) in [6.07, 6.45) is 4.70. The highest BCUT2D eigenvalue weighted by Gasteiger charge is 2.34. The molecule has 1 aliphatic heterocycles. The predicted octanol–water partition coefficient (Wildman–Crippen LogP) is 7.35. The van der Waals surface area contributed by atoms with Crippen molar-refractivity contribution in [2.45, 2.75) is 46.8 Å². The highest BCUT2D eigenvalue weighted by molar-refractivity contribution is 7.07. The van der Waals surface area contributed by atoms with E-state index in [0.717, 1.165) is 40.1 Å². The molecule has 0 amide bonds. The number of esters is 2. The van der Waals surface area contributed by atoms with Gasteiger partial charge in [0.1, 0.15) is 18.1 Å². The standard InChI is InChI=1S/C45H42N4O6S/c1-28(2)22-23-54-37-21-20-34(24-29(37)3)40-35(26-48(47-40)36-14-10-7-11-15-36)25-38-42(50)49-41(32-16-18-33(19-17-32)43(51)53-5)39(30(4)46-45(49)56-38)44(52)55-27-31-12-8-6-9-13-31/h6-21,24-26,28,41H,22-23,27H2,1-5H3. The molecule has 11 heteroatoms. The fraction of sp³-hybridized carbons (Fsp3) is 0.222. The Hall–Kier alpha value is -6.33. The molecule has 284 valence electrons. The summed E-state index contributed by atoms with van der Waals surface area (Å²) in [4.78, 5) is 46.1. The molecule has 6 aromatic rings. The normalized spacial score (nSPS) is 14.0. The van der Waals surface area contributed by atoms with E-state index in [2.05, 4.69) is 19.9 Å². The number of rotatable bonds is 12. The second-order valence-corrected chi connectivity index (χ2v) is 15.0. The molecule has 0 aliphatic carbocycles. The van der Waals surface area contributed by atoms with Gasteiger partial charge in [-0.2, -0.15) is 5.10 Å². The van der Waals surface area contributed by atoms with Gasteiger partial charge >= 0.3 is 11.9 Å². The zero-order chi connectivity index (χ0) is 39.3. The molecule has 1 atom stereocenters. The van der Waals surface area contributed by atoms with Crippen LogP contribution in [0.4, 0.5) is 0 Å². The lowest BCUT2D eigenvalue weighted by molar-refractivity contribution is -0.140. The lowest BCUT2D eigenvalue weighted by Crippen LogP contribution is -2.39. The van der Waals surface area contributed by atoms with Gasteiger partial charge in [0, 0.05) is 17.3 Å². The Morgan fingerprint density at radius 2 is 1.62 bits per heavy atom. The first-order chi connectivity index (χ1) is 27.1. The van der Waals surface area contributed by atoms with E-state index in [4.69, 9.17) is 24.3 Å². The fourth-order valence-electron chi connectivity index (χ4n) is 6.55. The molecule has 1 unspecified atom stereocenters. The predicted molar refractivity (Wildman–Crippen MR) is 216 cm³/mol. The minimum atomic E-state index is -0.874. The van der Waals surface area contributed by atoms with Gasteiger partial charge in [0.15, 0.2) is 4.80 Å². The molecule has 7 rings (SSSR count). The largest absolute Gasteiger partial charge is 0.493 e. The summed E-state index contributed by atoms with van der Waals surface area (Å²) < 4.78 is 20.6. The molecule has 0 fully saturated rings. The topological polar surface area (TPSA) is 114 Å². The number of carbonyl (C=O) groups is 2. The number of hydrogen-bond acceptors (Lipinski definition) is 9. The van der Waals surface area contributed by atoms with Gasteiger partial charge < -0.3 is 14.2 Å². The number of aromatic nitrogens is 3. The molecule has 3 heterocycles. The highest BCUT2D eigenvalue weighted by atomic mass is 32.1. The number of aryl methyl sites for hydroxylation is 1. The smallest absolute Gasteiger partial charge is 0.338 e. The van der Waals surface area contributed by atoms with Crippen LogP contribution in [0, 0.1) is 12.8 Å². The van der Waals surface area contributed by atoms with Crippen molar-refractivity contribution in [3.8, 4) is 22.7 Å². The molecular weight excluding hydrogens is 725 g/mol. The van der Waals surface area contributed by atoms with Crippen molar-refractivity contribution in [3.63, 3.8) is 0 Å². The SMILES string of the molecule is COC(=O)c1ccc(C2C(C(=O)OCc3ccccc3)=C(C)N=c3sc(=Cc4cn(-c5ccccc5)nc4-c4ccc(OCCC(C)C)c(C)c4)c(=O)n32)cc1. The van der Waals surface area contributed by atoms with Crippen molar-refractivity contribution in [2.24, 2.45) is 10.9 Å². The maximum Gasteiger partial charge on any atom is 0.338 e. The number of para-hydroxylation sites is 1. The van der Waals surface area contributed by atoms with Gasteiger partial charge in [0.2, 0.25) is 0 Å². The van der Waals surface area contributed by atoms with Crippen molar-refractivity contribution in [3.05, 3.63) is 168 Å². The molecule has 0 radical (unpaired) electrons. The maximum atomic E-state index is 14.6. The summed E-state index contributed by atoms with van der Waals surface area (Å²) in [5.41, 5.74) is 6.23. The Balaban J connectivity index is 1.33. The summed E-state index contributed by atoms with van der Waals surface area (Å²) in [5.74, 6) is 0.270. The minimum absolute atomic E-state index is 0.0492. The van der Waals surface area contributed by atoms with Crippen LogP contribution in [0.15, 0.2) is 130 Å². The third-order valence-corrected chi connectivity index (χ3v) is 10.5. The number of hydrogen-bond donors (Lipinski definition) is 0. The van der Waals surface area contributed by atoms with Gasteiger partial charge in [-0.25, -0.2) is 19.3 Å². The number of nitrogens with zero attached hydrogens (tertiary/aromatic N) is 4. The van der Waals surface area contributed by atoms with E-state index in [1.807, 2.05) is 92.0 Å². The van der Waals surface area contributed by atoms with Gasteiger partial charge in [-0.1, -0.05) is 85.8 Å². The summed E-state index contributed by atoms with van der Waals surface area (Å²) >= 11 is 1.23. The van der Waals surface area contributed by atoms with Crippen LogP contribution in [-0.2, 0) is 20.9 Å². The van der Waals surface area contributed by atoms with Crippen LogP contribution < -0.4 is 19.6 Å². The zero-order valence-corrected chi connectivity index (χ0v) is 32.7. The molecule has 0 saturated carbocycles. The molecule has 4 aromatic carbocycles. The lowest BCUT2D eigenvalue weighted by atomic mass is 9.95. The Labute approximate surface area is 328 Å². The van der Waals surface area contributed by atoms with Crippen molar-refractivity contribution >= 4 is 29.4 Å². The number of carbonyl (C=O) groups excluding carboxylic acids is 2. The van der Waals surface area contributed by atoms with Gasteiger partial charge in [-0.05, 0) is 91.4 Å². The summed E-state index contributed by atoms with van der Waals surface area (Å²) in [7, 11) is 1.32. The first-order valence-corrected chi connectivity index (χ1v) is 19.2. The summed E-state index contributed by atoms with van der Waals surface area (Å²) in [6, 6.07) is 31.0. The van der Waals surface area contributed by atoms with E-state index in [1.54, 1.807) is 35.9 Å². The monoisotopic (exact) mass is 766 g/mol. The second kappa shape index (κ2) is 16.6. The number of methoxy groups -OCH3 is 1. The summed E-state index contributed by atoms with van der Waals surface area (Å²) in [5, 5.41) is 5.01. The molecule has 0 N–H and O–H groups in total. The minimum Gasteiger partial charge on any atom is -0.493 e. The maximum absolute atomic E-state index is 14.6. The van der Waals surface area contributed by atoms with E-state index in [9.17, 15) is 14.4 Å². The number of thiazole rings is 1. The summed E-state index contributed by atoms with van der Waals surface area (Å²) in [6.45, 7) is 8.79. The lowest BCUT2D eigenvalue weighted by Gasteiger charge is -2.25. The average Bonchev–Trinajstić information content (AvgIpc) is 3.77. The van der Waals surface area contributed by atoms with Crippen molar-refractivity contribution in [1.82, 2.24) is 14.3 Å². The fourth-order valence-corrected chi connectivity index (χ4v) is 7.59. The van der Waals surface area contributed by atoms with E-state index in [0.29, 0.717) is 44.4 Å². The van der Waals surface area contributed by atoms with Crippen molar-refractivity contribution in [2.75, 3.05) is 13.7 Å². The molecule has 0 saturated heterocycles. The van der Waals surface area contributed by atoms with Gasteiger partial charge in [-0.15, -0.1) is 0 Å². The molecule has 10 nitrogen and oxygen atoms in total. The van der Waals surface area contributed by atoms with Crippen LogP contribution in [0.25, 0.3) is 23.0 Å². The quantitative estimate of drug-likeness (QED) is 0.120. The van der Waals surface area contributed by atoms with Gasteiger partial charge in [0.05, 0.1) is 46.8 Å². The van der Waals surface area contributed by atoms with Crippen molar-refractivity contribution < 1.29 is 23.8 Å². The third-order valence-electron chi connectivity index (χ3n) is 9.55. The first-order valence-electron chi connectivity index (χ1n) is 18.4. The van der Waals surface area contributed by atoms with E-state index in [-0.39, 0.29) is 17.7 Å². The Morgan fingerprint density at radius 1 is 0.911 bits per heavy atom. The third kappa shape index (κ3) is 8.04. The number of benzene rings is 4. The van der Waals surface area contributed by atoms with Crippen LogP contribution in [0.5, 0.6) is 5.75 Å².